The van der Waals surface area contributed by atoms with Crippen LogP contribution in [0.25, 0.3) is 0 Å². The number of aliphatic carboxylic acids is 1. The molecule has 1 aliphatic heterocycles. The summed E-state index contributed by atoms with van der Waals surface area (Å²) in [4.78, 5) is 26.0. The number of piperidine rings is 1. The van der Waals surface area contributed by atoms with E-state index in [1.165, 1.54) is 7.11 Å². The summed E-state index contributed by atoms with van der Waals surface area (Å²) in [6.45, 7) is 5.90. The molecule has 25 heavy (non-hydrogen) atoms. The number of nitrogens with zero attached hydrogens (tertiary/aromatic N) is 1. The fourth-order valence-electron chi connectivity index (χ4n) is 3.23. The van der Waals surface area contributed by atoms with Gasteiger partial charge in [0.05, 0.1) is 20.1 Å². The van der Waals surface area contributed by atoms with Gasteiger partial charge in [0.1, 0.15) is 0 Å². The lowest BCUT2D eigenvalue weighted by Gasteiger charge is -2.36. The molecule has 0 spiro atoms. The zero-order chi connectivity index (χ0) is 18.6. The summed E-state index contributed by atoms with van der Waals surface area (Å²) in [6, 6.07) is 3.41. The van der Waals surface area contributed by atoms with Crippen LogP contribution in [-0.4, -0.2) is 48.7 Å². The normalized spacial score (nSPS) is 20.0. The summed E-state index contributed by atoms with van der Waals surface area (Å²) in [5.74, 6) is -0.513. The number of hydrogen-bond acceptors (Lipinski definition) is 4. The minimum Gasteiger partial charge on any atom is -0.493 e. The number of carbonyl (C=O) groups excluding carboxylic acids is 1. The number of benzene rings is 1. The minimum atomic E-state index is -0.857. The second kappa shape index (κ2) is 8.05. The van der Waals surface area contributed by atoms with Gasteiger partial charge in [-0.1, -0.05) is 6.08 Å². The first-order chi connectivity index (χ1) is 11.9. The van der Waals surface area contributed by atoms with Crippen molar-refractivity contribution in [1.82, 2.24) is 4.90 Å². The Morgan fingerprint density at radius 3 is 2.60 bits per heavy atom. The minimum absolute atomic E-state index is 0.000879. The predicted molar refractivity (Wildman–Crippen MR) is 94.3 cm³/mol. The molecule has 1 N–H and O–H groups in total. The summed E-state index contributed by atoms with van der Waals surface area (Å²) in [5.41, 5.74) is 1.27. The van der Waals surface area contributed by atoms with Crippen molar-refractivity contribution in [3.05, 3.63) is 35.9 Å². The Morgan fingerprint density at radius 1 is 1.32 bits per heavy atom. The topological polar surface area (TPSA) is 76.1 Å². The number of carboxylic acid groups (broad SMARTS) is 1. The van der Waals surface area contributed by atoms with Crippen LogP contribution in [0.3, 0.4) is 0 Å². The molecule has 136 valence electrons. The average Bonchev–Trinajstić information content (AvgIpc) is 2.60. The van der Waals surface area contributed by atoms with Crippen LogP contribution in [0.5, 0.6) is 11.5 Å². The van der Waals surface area contributed by atoms with E-state index in [-0.39, 0.29) is 18.5 Å². The van der Waals surface area contributed by atoms with Crippen molar-refractivity contribution in [1.29, 1.82) is 0 Å². The Balaban J connectivity index is 2.38. The van der Waals surface area contributed by atoms with Crippen LogP contribution < -0.4 is 9.47 Å². The second-order valence-corrected chi connectivity index (χ2v) is 6.28. The number of carboxylic acids is 1. The van der Waals surface area contributed by atoms with E-state index in [1.807, 2.05) is 6.92 Å². The maximum Gasteiger partial charge on any atom is 0.308 e. The van der Waals surface area contributed by atoms with Gasteiger partial charge in [0.25, 0.3) is 5.91 Å². The molecule has 1 saturated heterocycles. The summed E-state index contributed by atoms with van der Waals surface area (Å²) in [5, 5.41) is 9.27. The number of rotatable bonds is 6. The third kappa shape index (κ3) is 3.95. The van der Waals surface area contributed by atoms with Crippen molar-refractivity contribution in [3.8, 4) is 11.5 Å². The quantitative estimate of drug-likeness (QED) is 0.801. The molecule has 6 heteroatoms. The number of likely N-dealkylation sites (tertiary alicyclic amines) is 1. The maximum absolute atomic E-state index is 13.0. The van der Waals surface area contributed by atoms with Gasteiger partial charge >= 0.3 is 5.97 Å². The zero-order valence-corrected chi connectivity index (χ0v) is 14.9. The molecule has 0 bridgehead atoms. The zero-order valence-electron chi connectivity index (χ0n) is 14.9. The van der Waals surface area contributed by atoms with Crippen molar-refractivity contribution in [3.63, 3.8) is 0 Å². The Morgan fingerprint density at radius 2 is 2.04 bits per heavy atom. The highest BCUT2D eigenvalue weighted by Gasteiger charge is 2.33. The molecular weight excluding hydrogens is 322 g/mol. The molecule has 6 nitrogen and oxygen atoms in total. The number of amides is 1. The third-order valence-electron chi connectivity index (χ3n) is 4.66. The Kier molecular flexibility index (Phi) is 6.07. The predicted octanol–water partition coefficient (Wildman–Crippen LogP) is 2.76. The molecule has 1 aliphatic rings. The van der Waals surface area contributed by atoms with Crippen molar-refractivity contribution < 1.29 is 24.2 Å². The van der Waals surface area contributed by atoms with E-state index < -0.39 is 11.9 Å². The lowest BCUT2D eigenvalue weighted by atomic mass is 9.92. The molecule has 0 aliphatic carbocycles. The summed E-state index contributed by atoms with van der Waals surface area (Å²) in [7, 11) is 3.07. The van der Waals surface area contributed by atoms with Crippen LogP contribution in [0.1, 0.15) is 35.7 Å². The van der Waals surface area contributed by atoms with Crippen LogP contribution >= 0.6 is 0 Å². The van der Waals surface area contributed by atoms with Crippen molar-refractivity contribution in [2.45, 2.75) is 32.2 Å². The number of methoxy groups -OCH3 is 2. The van der Waals surface area contributed by atoms with Crippen LogP contribution in [0.2, 0.25) is 0 Å². The van der Waals surface area contributed by atoms with Gasteiger partial charge in [0.2, 0.25) is 0 Å². The average molecular weight is 347 g/mol. The molecular formula is C19H25NO5. The van der Waals surface area contributed by atoms with E-state index in [0.717, 1.165) is 5.56 Å². The van der Waals surface area contributed by atoms with Gasteiger partial charge in [-0.05, 0) is 38.3 Å². The van der Waals surface area contributed by atoms with E-state index in [0.29, 0.717) is 36.3 Å². The van der Waals surface area contributed by atoms with Crippen molar-refractivity contribution in [2.75, 3.05) is 20.8 Å². The Hall–Kier alpha value is -2.50. The molecule has 0 saturated carbocycles. The molecule has 1 fully saturated rings. The van der Waals surface area contributed by atoms with Crippen molar-refractivity contribution in [2.24, 2.45) is 5.92 Å². The lowest BCUT2D eigenvalue weighted by Crippen LogP contribution is -2.47. The lowest BCUT2D eigenvalue weighted by molar-refractivity contribution is -0.143. The first-order valence-electron chi connectivity index (χ1n) is 8.32. The smallest absolute Gasteiger partial charge is 0.308 e. The molecule has 2 atom stereocenters. The first-order valence-corrected chi connectivity index (χ1v) is 8.32. The van der Waals surface area contributed by atoms with Gasteiger partial charge in [-0.25, -0.2) is 0 Å². The first kappa shape index (κ1) is 18.8. The van der Waals surface area contributed by atoms with Crippen molar-refractivity contribution >= 4 is 11.9 Å². The van der Waals surface area contributed by atoms with Gasteiger partial charge in [-0.15, -0.1) is 6.58 Å². The van der Waals surface area contributed by atoms with E-state index in [2.05, 4.69) is 6.58 Å². The molecule has 0 aromatic heterocycles. The third-order valence-corrected chi connectivity index (χ3v) is 4.66. The van der Waals surface area contributed by atoms with Crippen LogP contribution in [0.15, 0.2) is 24.8 Å². The van der Waals surface area contributed by atoms with Crippen LogP contribution in [0.4, 0.5) is 0 Å². The highest BCUT2D eigenvalue weighted by atomic mass is 16.5. The van der Waals surface area contributed by atoms with Gasteiger partial charge in [-0.3, -0.25) is 9.59 Å². The molecule has 2 rings (SSSR count). The maximum atomic E-state index is 13.0. The van der Waals surface area contributed by atoms with Crippen LogP contribution in [-0.2, 0) is 11.2 Å². The SMILES string of the molecule is C=CCc1cc(C(=O)N2CC(C(=O)O)CCC2C)cc(OC)c1OC. The number of hydrogen-bond donors (Lipinski definition) is 1. The molecule has 2 unspecified atom stereocenters. The number of allylic oxidation sites excluding steroid dienone is 1. The molecule has 1 aromatic rings. The van der Waals surface area contributed by atoms with Gasteiger partial charge in [-0.2, -0.15) is 0 Å². The molecule has 1 amide bonds. The standard InChI is InChI=1S/C19H25NO5/c1-5-6-13-9-15(10-16(24-3)17(13)25-4)18(21)20-11-14(19(22)23)8-7-12(20)2/h5,9-10,12,14H,1,6-8,11H2,2-4H3,(H,22,23). The summed E-state index contributed by atoms with van der Waals surface area (Å²) >= 11 is 0. The van der Waals surface area contributed by atoms with Crippen LogP contribution in [0, 0.1) is 5.92 Å². The Labute approximate surface area is 148 Å². The van der Waals surface area contributed by atoms with Gasteiger partial charge < -0.3 is 19.5 Å². The largest absolute Gasteiger partial charge is 0.493 e. The van der Waals surface area contributed by atoms with E-state index in [4.69, 9.17) is 9.47 Å². The monoisotopic (exact) mass is 347 g/mol. The molecule has 0 radical (unpaired) electrons. The van der Waals surface area contributed by atoms with E-state index in [9.17, 15) is 14.7 Å². The number of carbonyl (C=O) groups is 2. The number of ether oxygens (including phenoxy) is 2. The van der Waals surface area contributed by atoms with Gasteiger partial charge in [0.15, 0.2) is 11.5 Å². The van der Waals surface area contributed by atoms with E-state index >= 15 is 0 Å². The molecule has 1 aromatic carbocycles. The Bertz CT molecular complexity index is 670. The highest BCUT2D eigenvalue weighted by molar-refractivity contribution is 5.96. The fraction of sp³-hybridized carbons (Fsp3) is 0.474. The fourth-order valence-corrected chi connectivity index (χ4v) is 3.23. The summed E-state index contributed by atoms with van der Waals surface area (Å²) in [6.07, 6.45) is 3.53. The highest BCUT2D eigenvalue weighted by Crippen LogP contribution is 2.34. The molecule has 1 heterocycles. The van der Waals surface area contributed by atoms with Gasteiger partial charge in [0, 0.05) is 23.7 Å². The summed E-state index contributed by atoms with van der Waals surface area (Å²) < 4.78 is 10.8. The second-order valence-electron chi connectivity index (χ2n) is 6.28. The van der Waals surface area contributed by atoms with E-state index in [1.54, 1.807) is 30.2 Å².